The third-order valence-corrected chi connectivity index (χ3v) is 4.93. The molecule has 0 saturated carbocycles. The Hall–Kier alpha value is -2.99. The lowest BCUT2D eigenvalue weighted by molar-refractivity contribution is -0.893. The summed E-state index contributed by atoms with van der Waals surface area (Å²) in [5.74, 6) is 1.35. The van der Waals surface area contributed by atoms with E-state index in [0.29, 0.717) is 24.5 Å². The molecular formula is C23H28NO5+. The van der Waals surface area contributed by atoms with Gasteiger partial charge in [0.05, 0.1) is 40.0 Å². The molecule has 0 spiro atoms. The van der Waals surface area contributed by atoms with E-state index in [1.54, 1.807) is 21.1 Å². The van der Waals surface area contributed by atoms with Crippen LogP contribution in [0.25, 0.3) is 11.0 Å². The fourth-order valence-electron chi connectivity index (χ4n) is 3.42. The van der Waals surface area contributed by atoms with Crippen LogP contribution in [0.3, 0.4) is 0 Å². The van der Waals surface area contributed by atoms with Crippen LogP contribution in [-0.4, -0.2) is 40.4 Å². The van der Waals surface area contributed by atoms with E-state index in [1.165, 1.54) is 10.5 Å². The van der Waals surface area contributed by atoms with E-state index in [2.05, 4.69) is 7.05 Å². The molecule has 6 nitrogen and oxygen atoms in total. The molecule has 154 valence electrons. The number of nitrogens with one attached hydrogen (secondary N) is 1. The summed E-state index contributed by atoms with van der Waals surface area (Å²) in [7, 11) is 5.38. The normalized spacial score (nSPS) is 12.0. The summed E-state index contributed by atoms with van der Waals surface area (Å²) < 4.78 is 21.7. The minimum atomic E-state index is -0.411. The number of likely N-dealkylation sites (N-methyl/N-ethyl adjacent to an activating group) is 1. The van der Waals surface area contributed by atoms with Crippen LogP contribution < -0.4 is 14.4 Å². The van der Waals surface area contributed by atoms with Gasteiger partial charge in [-0.1, -0.05) is 24.3 Å². The first-order valence-electron chi connectivity index (χ1n) is 9.77. The Balaban J connectivity index is 1.75. The van der Waals surface area contributed by atoms with E-state index in [9.17, 15) is 4.79 Å². The van der Waals surface area contributed by atoms with Crippen molar-refractivity contribution >= 4 is 16.9 Å². The third-order valence-electron chi connectivity index (χ3n) is 4.93. The summed E-state index contributed by atoms with van der Waals surface area (Å²) >= 11 is 0. The highest BCUT2D eigenvalue weighted by atomic mass is 16.5. The lowest BCUT2D eigenvalue weighted by Gasteiger charge is -2.15. The SMILES string of the molecule is CCOC(=O)c1oc2ccccc2c1C[NH+](C)CCc1ccc(OC)c(OC)c1. The van der Waals surface area contributed by atoms with Gasteiger partial charge in [-0.05, 0) is 30.7 Å². The van der Waals surface area contributed by atoms with Gasteiger partial charge in [-0.15, -0.1) is 0 Å². The summed E-state index contributed by atoms with van der Waals surface area (Å²) in [6, 6.07) is 13.7. The molecule has 1 unspecified atom stereocenters. The van der Waals surface area contributed by atoms with Gasteiger partial charge in [0.15, 0.2) is 11.5 Å². The van der Waals surface area contributed by atoms with Crippen LogP contribution in [0.4, 0.5) is 0 Å². The minimum absolute atomic E-state index is 0.304. The van der Waals surface area contributed by atoms with Crippen LogP contribution in [0.15, 0.2) is 46.9 Å². The van der Waals surface area contributed by atoms with Crippen molar-refractivity contribution < 1.29 is 28.3 Å². The Labute approximate surface area is 171 Å². The van der Waals surface area contributed by atoms with Crippen LogP contribution in [-0.2, 0) is 17.7 Å². The van der Waals surface area contributed by atoms with E-state index < -0.39 is 5.97 Å². The largest absolute Gasteiger partial charge is 0.493 e. The Kier molecular flexibility index (Phi) is 6.77. The molecule has 0 amide bonds. The third kappa shape index (κ3) is 4.71. The Morgan fingerprint density at radius 2 is 1.83 bits per heavy atom. The maximum atomic E-state index is 12.4. The number of quaternary nitrogens is 1. The molecule has 0 saturated heterocycles. The summed E-state index contributed by atoms with van der Waals surface area (Å²) in [4.78, 5) is 13.6. The molecule has 1 N–H and O–H groups in total. The number of hydrogen-bond donors (Lipinski definition) is 1. The number of para-hydroxylation sites is 1. The Morgan fingerprint density at radius 1 is 1.07 bits per heavy atom. The molecule has 1 atom stereocenters. The highest BCUT2D eigenvalue weighted by Crippen LogP contribution is 2.28. The second-order valence-corrected chi connectivity index (χ2v) is 6.95. The second kappa shape index (κ2) is 9.47. The van der Waals surface area contributed by atoms with E-state index in [4.69, 9.17) is 18.6 Å². The molecule has 0 aliphatic carbocycles. The molecule has 2 aromatic carbocycles. The van der Waals surface area contributed by atoms with E-state index in [1.807, 2.05) is 42.5 Å². The number of ether oxygens (including phenoxy) is 3. The average Bonchev–Trinajstić information content (AvgIpc) is 3.10. The van der Waals surface area contributed by atoms with Crippen LogP contribution in [0.5, 0.6) is 11.5 Å². The van der Waals surface area contributed by atoms with Crippen LogP contribution in [0.2, 0.25) is 0 Å². The predicted octanol–water partition coefficient (Wildman–Crippen LogP) is 2.88. The molecule has 3 rings (SSSR count). The number of fused-ring (bicyclic) bond motifs is 1. The predicted molar refractivity (Wildman–Crippen MR) is 111 cm³/mol. The number of hydrogen-bond acceptors (Lipinski definition) is 5. The molecule has 1 aromatic heterocycles. The minimum Gasteiger partial charge on any atom is -0.493 e. The number of carbonyl (C=O) groups is 1. The fourth-order valence-corrected chi connectivity index (χ4v) is 3.42. The molecule has 0 aliphatic heterocycles. The van der Waals surface area contributed by atoms with Crippen molar-refractivity contribution in [3.8, 4) is 11.5 Å². The summed E-state index contributed by atoms with van der Waals surface area (Å²) in [6.07, 6.45) is 0.872. The second-order valence-electron chi connectivity index (χ2n) is 6.95. The van der Waals surface area contributed by atoms with Gasteiger partial charge in [0.1, 0.15) is 12.1 Å². The number of benzene rings is 2. The van der Waals surface area contributed by atoms with Crippen molar-refractivity contribution in [2.24, 2.45) is 0 Å². The number of furan rings is 1. The molecule has 0 fully saturated rings. The van der Waals surface area contributed by atoms with Crippen molar-refractivity contribution in [3.05, 3.63) is 59.4 Å². The number of carbonyl (C=O) groups excluding carboxylic acids is 1. The Morgan fingerprint density at radius 3 is 2.55 bits per heavy atom. The molecule has 29 heavy (non-hydrogen) atoms. The molecule has 0 radical (unpaired) electrons. The number of rotatable bonds is 9. The zero-order valence-electron chi connectivity index (χ0n) is 17.4. The van der Waals surface area contributed by atoms with Gasteiger partial charge >= 0.3 is 5.97 Å². The zero-order valence-corrected chi connectivity index (χ0v) is 17.4. The molecule has 6 heteroatoms. The standard InChI is InChI=1S/C23H27NO5/c1-5-28-23(25)22-18(17-8-6-7-9-19(17)29-22)15-24(2)13-12-16-10-11-20(26-3)21(14-16)27-4/h6-11,14H,5,12-13,15H2,1-4H3/p+1. The Bertz CT molecular complexity index is 979. The van der Waals surface area contributed by atoms with Gasteiger partial charge in [-0.25, -0.2) is 4.79 Å². The maximum Gasteiger partial charge on any atom is 0.374 e. The van der Waals surface area contributed by atoms with Gasteiger partial charge in [-0.3, -0.25) is 0 Å². The summed E-state index contributed by atoms with van der Waals surface area (Å²) in [5.41, 5.74) is 2.77. The van der Waals surface area contributed by atoms with Crippen LogP contribution in [0.1, 0.15) is 28.6 Å². The monoisotopic (exact) mass is 398 g/mol. The van der Waals surface area contributed by atoms with Crippen LogP contribution >= 0.6 is 0 Å². The van der Waals surface area contributed by atoms with Crippen molar-refractivity contribution in [2.75, 3.05) is 34.4 Å². The van der Waals surface area contributed by atoms with Crippen molar-refractivity contribution in [2.45, 2.75) is 19.9 Å². The van der Waals surface area contributed by atoms with E-state index >= 15 is 0 Å². The highest BCUT2D eigenvalue weighted by Gasteiger charge is 2.24. The number of esters is 1. The maximum absolute atomic E-state index is 12.4. The summed E-state index contributed by atoms with van der Waals surface area (Å²) in [6.45, 7) is 3.66. The van der Waals surface area contributed by atoms with Gasteiger partial charge in [0.2, 0.25) is 5.76 Å². The quantitative estimate of drug-likeness (QED) is 0.562. The average molecular weight is 398 g/mol. The van der Waals surface area contributed by atoms with E-state index in [-0.39, 0.29) is 0 Å². The molecule has 0 aliphatic rings. The summed E-state index contributed by atoms with van der Waals surface area (Å²) in [5, 5.41) is 0.959. The van der Waals surface area contributed by atoms with E-state index in [0.717, 1.165) is 35.4 Å². The van der Waals surface area contributed by atoms with Gasteiger partial charge in [0, 0.05) is 11.8 Å². The smallest absolute Gasteiger partial charge is 0.374 e. The van der Waals surface area contributed by atoms with Gasteiger partial charge in [0.25, 0.3) is 0 Å². The fraction of sp³-hybridized carbons (Fsp3) is 0.348. The molecule has 3 aromatic rings. The molecule has 0 bridgehead atoms. The highest BCUT2D eigenvalue weighted by molar-refractivity contribution is 5.96. The number of methoxy groups -OCH3 is 2. The lowest BCUT2D eigenvalue weighted by atomic mass is 10.1. The topological polar surface area (TPSA) is 62.3 Å². The van der Waals surface area contributed by atoms with Gasteiger partial charge in [-0.2, -0.15) is 0 Å². The first-order valence-corrected chi connectivity index (χ1v) is 9.77. The van der Waals surface area contributed by atoms with Crippen molar-refractivity contribution in [3.63, 3.8) is 0 Å². The van der Waals surface area contributed by atoms with Crippen molar-refractivity contribution in [1.82, 2.24) is 0 Å². The van der Waals surface area contributed by atoms with Crippen LogP contribution in [0, 0.1) is 0 Å². The first-order chi connectivity index (χ1) is 14.1. The molecule has 1 heterocycles. The zero-order chi connectivity index (χ0) is 20.8. The molecular weight excluding hydrogens is 370 g/mol. The van der Waals surface area contributed by atoms with Gasteiger partial charge < -0.3 is 23.5 Å². The lowest BCUT2D eigenvalue weighted by Crippen LogP contribution is -3.07. The first kappa shape index (κ1) is 20.7. The van der Waals surface area contributed by atoms with Crippen molar-refractivity contribution in [1.29, 1.82) is 0 Å².